The Kier molecular flexibility index (Phi) is 2.58. The van der Waals surface area contributed by atoms with Crippen LogP contribution in [0.15, 0.2) is 30.5 Å². The number of fused-ring (bicyclic) bond motifs is 1. The number of carbonyl (C=O) groups is 1. The number of nitriles is 1. The Bertz CT molecular complexity index is 579. The molecule has 0 aliphatic carbocycles. The molecule has 80 valence electrons. The van der Waals surface area contributed by atoms with E-state index in [1.807, 2.05) is 12.1 Å². The molecule has 3 N–H and O–H groups in total. The van der Waals surface area contributed by atoms with Gasteiger partial charge in [0.05, 0.1) is 11.6 Å². The van der Waals surface area contributed by atoms with E-state index in [4.69, 9.17) is 11.1 Å². The summed E-state index contributed by atoms with van der Waals surface area (Å²) in [4.78, 5) is 11.2. The fourth-order valence-corrected chi connectivity index (χ4v) is 1.59. The molecule has 5 heteroatoms. The number of nitrogens with two attached hydrogens (primary N) is 1. The molecule has 1 aromatic heterocycles. The molecule has 0 saturated carbocycles. The third kappa shape index (κ3) is 1.74. The van der Waals surface area contributed by atoms with Crippen LogP contribution in [0.5, 0.6) is 0 Å². The van der Waals surface area contributed by atoms with E-state index in [1.54, 1.807) is 22.9 Å². The second-order valence-electron chi connectivity index (χ2n) is 3.40. The maximum atomic E-state index is 11.2. The highest BCUT2D eigenvalue weighted by Gasteiger charge is 2.05. The van der Waals surface area contributed by atoms with Gasteiger partial charge in [-0.3, -0.25) is 10.2 Å². The van der Waals surface area contributed by atoms with Gasteiger partial charge in [0.1, 0.15) is 6.54 Å². The summed E-state index contributed by atoms with van der Waals surface area (Å²) in [6.07, 6.45) is 1.79. The Labute approximate surface area is 92.0 Å². The first-order valence-corrected chi connectivity index (χ1v) is 4.73. The largest absolute Gasteiger partial charge is 0.338 e. The molecule has 1 heterocycles. The molecule has 2 aromatic rings. The van der Waals surface area contributed by atoms with Gasteiger partial charge < -0.3 is 4.57 Å². The number of benzene rings is 1. The Morgan fingerprint density at radius 3 is 3.00 bits per heavy atom. The number of carbonyl (C=O) groups excluding carboxylic acids is 1. The number of rotatable bonds is 2. The fourth-order valence-electron chi connectivity index (χ4n) is 1.59. The van der Waals surface area contributed by atoms with Crippen LogP contribution in [0.1, 0.15) is 5.56 Å². The van der Waals surface area contributed by atoms with Crippen LogP contribution in [0.25, 0.3) is 10.9 Å². The van der Waals surface area contributed by atoms with Crippen molar-refractivity contribution in [1.82, 2.24) is 9.99 Å². The molecule has 0 bridgehead atoms. The first-order chi connectivity index (χ1) is 7.74. The van der Waals surface area contributed by atoms with Gasteiger partial charge in [0.25, 0.3) is 5.91 Å². The minimum atomic E-state index is -0.278. The van der Waals surface area contributed by atoms with Gasteiger partial charge in [0.15, 0.2) is 0 Å². The average Bonchev–Trinajstić information content (AvgIpc) is 2.71. The molecule has 0 fully saturated rings. The maximum Gasteiger partial charge on any atom is 0.253 e. The zero-order chi connectivity index (χ0) is 11.5. The lowest BCUT2D eigenvalue weighted by Crippen LogP contribution is -2.33. The smallest absolute Gasteiger partial charge is 0.253 e. The summed E-state index contributed by atoms with van der Waals surface area (Å²) in [7, 11) is 0. The molecule has 0 radical (unpaired) electrons. The van der Waals surface area contributed by atoms with Crippen molar-refractivity contribution in [3.63, 3.8) is 0 Å². The Hall–Kier alpha value is -2.32. The van der Waals surface area contributed by atoms with Crippen molar-refractivity contribution in [2.45, 2.75) is 6.54 Å². The molecule has 2 rings (SSSR count). The van der Waals surface area contributed by atoms with Gasteiger partial charge in [-0.25, -0.2) is 5.84 Å². The van der Waals surface area contributed by atoms with E-state index in [2.05, 4.69) is 11.5 Å². The number of aromatic nitrogens is 1. The van der Waals surface area contributed by atoms with Gasteiger partial charge in [0.2, 0.25) is 0 Å². The van der Waals surface area contributed by atoms with Crippen LogP contribution in [0.3, 0.4) is 0 Å². The summed E-state index contributed by atoms with van der Waals surface area (Å²) < 4.78 is 1.75. The Balaban J connectivity index is 2.46. The summed E-state index contributed by atoms with van der Waals surface area (Å²) >= 11 is 0. The molecule has 16 heavy (non-hydrogen) atoms. The van der Waals surface area contributed by atoms with Gasteiger partial charge in [-0.15, -0.1) is 0 Å². The summed E-state index contributed by atoms with van der Waals surface area (Å²) in [6.45, 7) is 0.148. The predicted octanol–water partition coefficient (Wildman–Crippen LogP) is 0.503. The number of nitrogens with one attached hydrogen (secondary N) is 1. The Morgan fingerprint density at radius 2 is 2.31 bits per heavy atom. The average molecular weight is 214 g/mol. The highest BCUT2D eigenvalue weighted by molar-refractivity contribution is 5.84. The zero-order valence-electron chi connectivity index (χ0n) is 8.47. The molecular formula is C11H10N4O. The Morgan fingerprint density at radius 1 is 1.50 bits per heavy atom. The van der Waals surface area contributed by atoms with Gasteiger partial charge in [-0.1, -0.05) is 6.07 Å². The van der Waals surface area contributed by atoms with Gasteiger partial charge in [0, 0.05) is 11.7 Å². The number of hydrogen-bond acceptors (Lipinski definition) is 3. The first kappa shape index (κ1) is 10.2. The second kappa shape index (κ2) is 4.04. The van der Waals surface area contributed by atoms with E-state index in [-0.39, 0.29) is 12.5 Å². The van der Waals surface area contributed by atoms with Crippen molar-refractivity contribution in [3.8, 4) is 6.07 Å². The van der Waals surface area contributed by atoms with Crippen molar-refractivity contribution in [3.05, 3.63) is 36.0 Å². The molecule has 0 unspecified atom stereocenters. The molecule has 0 aliphatic heterocycles. The normalized spacial score (nSPS) is 10.0. The number of hydrogen-bond donors (Lipinski definition) is 2. The molecule has 0 saturated heterocycles. The lowest BCUT2D eigenvalue weighted by molar-refractivity contribution is -0.121. The van der Waals surface area contributed by atoms with Crippen LogP contribution in [0.4, 0.5) is 0 Å². The quantitative estimate of drug-likeness (QED) is 0.434. The number of amides is 1. The fraction of sp³-hybridized carbons (Fsp3) is 0.0909. The summed E-state index contributed by atoms with van der Waals surface area (Å²) in [5.74, 6) is 4.75. The van der Waals surface area contributed by atoms with Crippen LogP contribution in [0.2, 0.25) is 0 Å². The van der Waals surface area contributed by atoms with Crippen molar-refractivity contribution in [2.24, 2.45) is 5.84 Å². The molecule has 1 amide bonds. The van der Waals surface area contributed by atoms with Crippen LogP contribution in [-0.2, 0) is 11.3 Å². The van der Waals surface area contributed by atoms with Crippen LogP contribution in [-0.4, -0.2) is 10.5 Å². The molecule has 0 spiro atoms. The van der Waals surface area contributed by atoms with Crippen LogP contribution >= 0.6 is 0 Å². The molecule has 5 nitrogen and oxygen atoms in total. The third-order valence-corrected chi connectivity index (χ3v) is 2.38. The van der Waals surface area contributed by atoms with Crippen molar-refractivity contribution >= 4 is 16.8 Å². The monoisotopic (exact) mass is 214 g/mol. The van der Waals surface area contributed by atoms with E-state index >= 15 is 0 Å². The van der Waals surface area contributed by atoms with Crippen molar-refractivity contribution in [2.75, 3.05) is 0 Å². The van der Waals surface area contributed by atoms with Crippen LogP contribution < -0.4 is 11.3 Å². The van der Waals surface area contributed by atoms with E-state index in [9.17, 15) is 4.79 Å². The van der Waals surface area contributed by atoms with E-state index < -0.39 is 0 Å². The molecule has 1 aromatic carbocycles. The third-order valence-electron chi connectivity index (χ3n) is 2.38. The number of nitrogens with zero attached hydrogens (tertiary/aromatic N) is 2. The van der Waals surface area contributed by atoms with Gasteiger partial charge in [-0.2, -0.15) is 5.26 Å². The highest BCUT2D eigenvalue weighted by Crippen LogP contribution is 2.17. The van der Waals surface area contributed by atoms with E-state index in [0.29, 0.717) is 5.56 Å². The second-order valence-corrected chi connectivity index (χ2v) is 3.40. The molecular weight excluding hydrogens is 204 g/mol. The lowest BCUT2D eigenvalue weighted by atomic mass is 10.2. The van der Waals surface area contributed by atoms with Crippen molar-refractivity contribution < 1.29 is 4.79 Å². The zero-order valence-corrected chi connectivity index (χ0v) is 8.47. The van der Waals surface area contributed by atoms with Crippen molar-refractivity contribution in [1.29, 1.82) is 5.26 Å². The van der Waals surface area contributed by atoms with E-state index in [0.717, 1.165) is 10.9 Å². The summed E-state index contributed by atoms with van der Waals surface area (Å²) in [5, 5.41) is 9.78. The standard InChI is InChI=1S/C11H10N4O/c12-6-8-1-2-9-3-4-15(10(9)5-8)7-11(16)14-13/h1-5H,7,13H2,(H,14,16). The molecule has 0 atom stereocenters. The summed E-state index contributed by atoms with van der Waals surface area (Å²) in [6, 6.07) is 9.30. The van der Waals surface area contributed by atoms with E-state index in [1.165, 1.54) is 0 Å². The SMILES string of the molecule is N#Cc1ccc2ccn(CC(=O)NN)c2c1. The minimum absolute atomic E-state index is 0.148. The molecule has 0 aliphatic rings. The van der Waals surface area contributed by atoms with Crippen LogP contribution in [0, 0.1) is 11.3 Å². The van der Waals surface area contributed by atoms with Gasteiger partial charge >= 0.3 is 0 Å². The first-order valence-electron chi connectivity index (χ1n) is 4.73. The topological polar surface area (TPSA) is 83.8 Å². The summed E-state index contributed by atoms with van der Waals surface area (Å²) in [5.41, 5.74) is 3.49. The predicted molar refractivity (Wildman–Crippen MR) is 59.0 cm³/mol. The lowest BCUT2D eigenvalue weighted by Gasteiger charge is -2.03. The minimum Gasteiger partial charge on any atom is -0.338 e. The number of hydrazine groups is 1. The highest BCUT2D eigenvalue weighted by atomic mass is 16.2. The van der Waals surface area contributed by atoms with Gasteiger partial charge in [-0.05, 0) is 23.6 Å². The maximum absolute atomic E-state index is 11.2.